The van der Waals surface area contributed by atoms with E-state index >= 15 is 0 Å². The standard InChI is InChI=1S/C14H14FN7O4/c15-10-11(24)14(7-23,20-21-16)26-12(10)22-5-3-9(19-13(22)25)18-8-2-1-4-17-6-8/h1-6,10-12,23-24H,7H2,(H,18,19,25)/t10-,11-,12+,14+/m0/s1. The van der Waals surface area contributed by atoms with Gasteiger partial charge in [0, 0.05) is 17.3 Å². The first-order chi connectivity index (χ1) is 12.5. The van der Waals surface area contributed by atoms with E-state index in [0.717, 1.165) is 4.57 Å². The van der Waals surface area contributed by atoms with E-state index < -0.39 is 36.5 Å². The van der Waals surface area contributed by atoms with Crippen LogP contribution in [0, 0.1) is 0 Å². The van der Waals surface area contributed by atoms with Crippen LogP contribution in [-0.4, -0.2) is 49.4 Å². The number of halogens is 1. The van der Waals surface area contributed by atoms with Crippen LogP contribution in [0.5, 0.6) is 0 Å². The molecule has 0 bridgehead atoms. The molecule has 1 saturated heterocycles. The zero-order valence-corrected chi connectivity index (χ0v) is 13.2. The number of hydrogen-bond donors (Lipinski definition) is 3. The first-order valence-corrected chi connectivity index (χ1v) is 7.44. The average molecular weight is 363 g/mol. The predicted molar refractivity (Wildman–Crippen MR) is 86.0 cm³/mol. The van der Waals surface area contributed by atoms with Gasteiger partial charge in [0.2, 0.25) is 5.72 Å². The molecule has 12 heteroatoms. The fourth-order valence-electron chi connectivity index (χ4n) is 2.54. The van der Waals surface area contributed by atoms with Gasteiger partial charge in [-0.1, -0.05) is 5.11 Å². The van der Waals surface area contributed by atoms with E-state index in [1.807, 2.05) is 0 Å². The van der Waals surface area contributed by atoms with Crippen LogP contribution < -0.4 is 11.0 Å². The van der Waals surface area contributed by atoms with Gasteiger partial charge in [-0.3, -0.25) is 9.55 Å². The molecule has 0 unspecified atom stereocenters. The molecule has 2 aromatic rings. The molecule has 4 atom stereocenters. The maximum absolute atomic E-state index is 14.4. The zero-order chi connectivity index (χ0) is 18.7. The molecule has 0 aliphatic carbocycles. The van der Waals surface area contributed by atoms with Crippen molar-refractivity contribution in [3.05, 3.63) is 57.7 Å². The number of anilines is 2. The van der Waals surface area contributed by atoms with Crippen molar-refractivity contribution in [2.45, 2.75) is 24.2 Å². The summed E-state index contributed by atoms with van der Waals surface area (Å²) in [6, 6.07) is 4.79. The summed E-state index contributed by atoms with van der Waals surface area (Å²) in [5.41, 5.74) is 6.06. The van der Waals surface area contributed by atoms with Crippen molar-refractivity contribution >= 4 is 11.5 Å². The monoisotopic (exact) mass is 363 g/mol. The van der Waals surface area contributed by atoms with E-state index in [4.69, 9.17) is 10.3 Å². The first-order valence-electron chi connectivity index (χ1n) is 7.44. The highest BCUT2D eigenvalue weighted by Gasteiger charge is 2.56. The summed E-state index contributed by atoms with van der Waals surface area (Å²) >= 11 is 0. The molecule has 1 fully saturated rings. The highest BCUT2D eigenvalue weighted by molar-refractivity contribution is 5.53. The fraction of sp³-hybridized carbons (Fsp3) is 0.357. The number of hydrogen-bond acceptors (Lipinski definition) is 8. The number of aromatic nitrogens is 3. The summed E-state index contributed by atoms with van der Waals surface area (Å²) in [5.74, 6) is 0.191. The predicted octanol–water partition coefficient (Wildman–Crippen LogP) is 0.609. The number of alkyl halides is 1. The van der Waals surface area contributed by atoms with E-state index in [1.165, 1.54) is 18.5 Å². The van der Waals surface area contributed by atoms with Crippen LogP contribution in [0.2, 0.25) is 0 Å². The molecular formula is C14H14FN7O4. The van der Waals surface area contributed by atoms with Gasteiger partial charge in [-0.15, -0.1) is 0 Å². The number of rotatable bonds is 5. The first kappa shape index (κ1) is 17.8. The smallest absolute Gasteiger partial charge is 0.351 e. The molecule has 0 amide bonds. The topological polar surface area (TPSA) is 158 Å². The van der Waals surface area contributed by atoms with Gasteiger partial charge in [0.15, 0.2) is 12.4 Å². The molecule has 2 aromatic heterocycles. The largest absolute Gasteiger partial charge is 0.393 e. The van der Waals surface area contributed by atoms with Crippen molar-refractivity contribution in [1.82, 2.24) is 14.5 Å². The number of pyridine rings is 1. The highest BCUT2D eigenvalue weighted by atomic mass is 19.1. The van der Waals surface area contributed by atoms with Gasteiger partial charge in [0.05, 0.1) is 18.5 Å². The van der Waals surface area contributed by atoms with E-state index in [2.05, 4.69) is 25.3 Å². The van der Waals surface area contributed by atoms with Crippen molar-refractivity contribution in [3.63, 3.8) is 0 Å². The van der Waals surface area contributed by atoms with E-state index in [0.29, 0.717) is 5.69 Å². The van der Waals surface area contributed by atoms with Crippen LogP contribution in [0.1, 0.15) is 6.23 Å². The number of ether oxygens (including phenoxy) is 1. The minimum Gasteiger partial charge on any atom is -0.393 e. The van der Waals surface area contributed by atoms with Crippen molar-refractivity contribution in [1.29, 1.82) is 0 Å². The molecule has 0 spiro atoms. The van der Waals surface area contributed by atoms with Crippen molar-refractivity contribution in [2.24, 2.45) is 5.11 Å². The third-order valence-electron chi connectivity index (χ3n) is 3.84. The summed E-state index contributed by atoms with van der Waals surface area (Å²) in [6.07, 6.45) is -1.37. The summed E-state index contributed by atoms with van der Waals surface area (Å²) in [7, 11) is 0. The van der Waals surface area contributed by atoms with Gasteiger partial charge < -0.3 is 20.3 Å². The molecular weight excluding hydrogens is 349 g/mol. The maximum atomic E-state index is 14.4. The Bertz CT molecular complexity index is 888. The maximum Gasteiger partial charge on any atom is 0.351 e. The Morgan fingerprint density at radius 2 is 2.35 bits per heavy atom. The lowest BCUT2D eigenvalue weighted by Gasteiger charge is -2.23. The number of azide groups is 1. The van der Waals surface area contributed by atoms with Crippen molar-refractivity contribution in [3.8, 4) is 0 Å². The third kappa shape index (κ3) is 3.09. The lowest BCUT2D eigenvalue weighted by molar-refractivity contribution is -0.124. The lowest BCUT2D eigenvalue weighted by Crippen LogP contribution is -2.43. The van der Waals surface area contributed by atoms with Gasteiger partial charge in [-0.2, -0.15) is 4.98 Å². The van der Waals surface area contributed by atoms with Gasteiger partial charge in [-0.25, -0.2) is 9.18 Å². The SMILES string of the molecule is [N-]=[N+]=N[C@]1(CO)O[C@@H](n2ccc(Nc3cccnc3)nc2=O)[C@@H](F)[C@@H]1O. The van der Waals surface area contributed by atoms with E-state index in [1.54, 1.807) is 18.3 Å². The molecule has 3 heterocycles. The second kappa shape index (κ2) is 7.06. The summed E-state index contributed by atoms with van der Waals surface area (Å²) in [4.78, 5) is 22.4. The average Bonchev–Trinajstić information content (AvgIpc) is 2.89. The van der Waals surface area contributed by atoms with Crippen LogP contribution in [0.15, 0.2) is 46.7 Å². The number of aliphatic hydroxyl groups excluding tert-OH is 2. The van der Waals surface area contributed by atoms with Crippen LogP contribution >= 0.6 is 0 Å². The molecule has 0 aromatic carbocycles. The van der Waals surface area contributed by atoms with Crippen LogP contribution in [0.25, 0.3) is 10.4 Å². The summed E-state index contributed by atoms with van der Waals surface area (Å²) < 4.78 is 20.4. The molecule has 3 rings (SSSR count). The summed E-state index contributed by atoms with van der Waals surface area (Å²) in [5, 5.41) is 25.3. The quantitative estimate of drug-likeness (QED) is 0.399. The fourth-order valence-corrected chi connectivity index (χ4v) is 2.54. The number of nitrogens with one attached hydrogen (secondary N) is 1. The molecule has 0 saturated carbocycles. The molecule has 11 nitrogen and oxygen atoms in total. The third-order valence-corrected chi connectivity index (χ3v) is 3.84. The molecule has 0 radical (unpaired) electrons. The van der Waals surface area contributed by atoms with Crippen molar-refractivity contribution in [2.75, 3.05) is 11.9 Å². The number of nitrogens with zero attached hydrogens (tertiary/aromatic N) is 6. The second-order valence-corrected chi connectivity index (χ2v) is 5.46. The Kier molecular flexibility index (Phi) is 4.82. The molecule has 136 valence electrons. The Morgan fingerprint density at radius 1 is 1.54 bits per heavy atom. The Balaban J connectivity index is 1.88. The Hall–Kier alpha value is -3.05. The second-order valence-electron chi connectivity index (χ2n) is 5.46. The Labute approximate surface area is 145 Å². The van der Waals surface area contributed by atoms with Crippen LogP contribution in [0.4, 0.5) is 15.9 Å². The highest BCUT2D eigenvalue weighted by Crippen LogP contribution is 2.39. The molecule has 26 heavy (non-hydrogen) atoms. The normalized spacial score (nSPS) is 27.7. The van der Waals surface area contributed by atoms with Crippen LogP contribution in [-0.2, 0) is 4.74 Å². The number of aliphatic hydroxyl groups is 2. The minimum atomic E-state index is -2.22. The molecule has 1 aliphatic rings. The van der Waals surface area contributed by atoms with Crippen molar-refractivity contribution < 1.29 is 19.3 Å². The van der Waals surface area contributed by atoms with E-state index in [-0.39, 0.29) is 5.82 Å². The zero-order valence-electron chi connectivity index (χ0n) is 13.2. The van der Waals surface area contributed by atoms with Gasteiger partial charge in [-0.05, 0) is 23.7 Å². The Morgan fingerprint density at radius 3 is 2.96 bits per heavy atom. The minimum absolute atomic E-state index is 0.191. The van der Waals surface area contributed by atoms with Gasteiger partial charge >= 0.3 is 5.69 Å². The van der Waals surface area contributed by atoms with Crippen LogP contribution in [0.3, 0.4) is 0 Å². The van der Waals surface area contributed by atoms with E-state index in [9.17, 15) is 19.4 Å². The molecule has 3 N–H and O–H groups in total. The van der Waals surface area contributed by atoms with Gasteiger partial charge in [0.25, 0.3) is 0 Å². The summed E-state index contributed by atoms with van der Waals surface area (Å²) in [6.45, 7) is -0.960. The molecule has 1 aliphatic heterocycles. The lowest BCUT2D eigenvalue weighted by atomic mass is 10.1. The van der Waals surface area contributed by atoms with Gasteiger partial charge in [0.1, 0.15) is 11.9 Å².